The van der Waals surface area contributed by atoms with E-state index in [0.717, 1.165) is 0 Å². The van der Waals surface area contributed by atoms with E-state index in [1.165, 1.54) is 0 Å². The molecule has 0 aromatic rings. The van der Waals surface area contributed by atoms with Crippen molar-refractivity contribution in [1.82, 2.24) is 0 Å². The largest absolute Gasteiger partial charge is 0.329 e. The van der Waals surface area contributed by atoms with Gasteiger partial charge in [-0.05, 0) is 0 Å². The first-order valence-corrected chi connectivity index (χ1v) is 1.32. The van der Waals surface area contributed by atoms with Crippen molar-refractivity contribution in [3.05, 3.63) is 0 Å². The predicted molar refractivity (Wildman–Crippen MR) is 23.9 cm³/mol. The molecule has 0 unspecified atom stereocenters. The average Bonchev–Trinajstić information content (AvgIpc) is 1.37. The summed E-state index contributed by atoms with van der Waals surface area (Å²) in [6.45, 7) is 1.19. The predicted octanol–water partition coefficient (Wildman–Crippen LogP) is -1.48. The van der Waals surface area contributed by atoms with Crippen LogP contribution in [0.5, 0.6) is 0 Å². The topological polar surface area (TPSA) is 52.0 Å². The van der Waals surface area contributed by atoms with Crippen molar-refractivity contribution in [2.75, 3.05) is 13.1 Å². The second-order valence-electron chi connectivity index (χ2n) is 0.577. The molecular weight excluding hydrogens is 91.1 g/mol. The van der Waals surface area contributed by atoms with E-state index in [1.807, 2.05) is 0 Å². The summed E-state index contributed by atoms with van der Waals surface area (Å²) < 4.78 is 0. The minimum atomic E-state index is 0. The zero-order chi connectivity index (χ0) is 3.41. The van der Waals surface area contributed by atoms with Gasteiger partial charge < -0.3 is 11.5 Å². The van der Waals surface area contributed by atoms with Crippen LogP contribution in [0.25, 0.3) is 0 Å². The van der Waals surface area contributed by atoms with Crippen LogP contribution in [0.15, 0.2) is 0 Å². The van der Waals surface area contributed by atoms with Gasteiger partial charge in [0.25, 0.3) is 0 Å². The van der Waals surface area contributed by atoms with E-state index in [9.17, 15) is 0 Å². The summed E-state index contributed by atoms with van der Waals surface area (Å²) in [5, 5.41) is 0. The molecule has 0 aliphatic heterocycles. The minimum Gasteiger partial charge on any atom is -0.329 e. The summed E-state index contributed by atoms with van der Waals surface area (Å²) in [5.74, 6) is 0. The van der Waals surface area contributed by atoms with Crippen molar-refractivity contribution in [2.24, 2.45) is 11.5 Å². The molecule has 0 heterocycles. The van der Waals surface area contributed by atoms with Crippen molar-refractivity contribution in [1.29, 1.82) is 0 Å². The maximum absolute atomic E-state index is 4.90. The van der Waals surface area contributed by atoms with Crippen molar-refractivity contribution >= 4 is 51.4 Å². The summed E-state index contributed by atoms with van der Waals surface area (Å²) in [7, 11) is 0. The first kappa shape index (κ1) is 9.75. The molecule has 0 aliphatic rings. The molecule has 1 radical (unpaired) electrons. The van der Waals surface area contributed by atoms with E-state index in [0.29, 0.717) is 13.1 Å². The van der Waals surface area contributed by atoms with Crippen LogP contribution in [0.2, 0.25) is 0 Å². The van der Waals surface area contributed by atoms with Crippen LogP contribution in [0.1, 0.15) is 0 Å². The first-order chi connectivity index (χ1) is 1.91. The molecule has 0 atom stereocenters. The van der Waals surface area contributed by atoms with Gasteiger partial charge in [0.1, 0.15) is 0 Å². The van der Waals surface area contributed by atoms with Crippen molar-refractivity contribution < 1.29 is 0 Å². The second kappa shape index (κ2) is 9.12. The van der Waals surface area contributed by atoms with E-state index in [1.54, 1.807) is 0 Å². The zero-order valence-electron chi connectivity index (χ0n) is 3.57. The summed E-state index contributed by atoms with van der Waals surface area (Å²) in [4.78, 5) is 0. The molecular formula is C2H8KN2. The molecule has 0 fully saturated rings. The Balaban J connectivity index is 0. The van der Waals surface area contributed by atoms with E-state index >= 15 is 0 Å². The Bertz CT molecular complexity index is 9.61. The Hall–Kier alpha value is 1.56. The van der Waals surface area contributed by atoms with Crippen LogP contribution in [0.4, 0.5) is 0 Å². The zero-order valence-corrected chi connectivity index (χ0v) is 6.69. The van der Waals surface area contributed by atoms with Crippen molar-refractivity contribution in [3.8, 4) is 0 Å². The maximum atomic E-state index is 4.90. The molecule has 3 heteroatoms. The summed E-state index contributed by atoms with van der Waals surface area (Å²) >= 11 is 0. The smallest absolute Gasteiger partial charge is 0.00461 e. The minimum absolute atomic E-state index is 0. The van der Waals surface area contributed by atoms with Gasteiger partial charge in [0, 0.05) is 64.5 Å². The van der Waals surface area contributed by atoms with Gasteiger partial charge in [-0.3, -0.25) is 0 Å². The van der Waals surface area contributed by atoms with Crippen molar-refractivity contribution in [3.63, 3.8) is 0 Å². The SMILES string of the molecule is NCCN.[K]. The van der Waals surface area contributed by atoms with Gasteiger partial charge in [-0.1, -0.05) is 0 Å². The first-order valence-electron chi connectivity index (χ1n) is 1.32. The van der Waals surface area contributed by atoms with E-state index in [-0.39, 0.29) is 51.4 Å². The Kier molecular flexibility index (Phi) is 17.8. The summed E-state index contributed by atoms with van der Waals surface area (Å²) in [5.41, 5.74) is 9.81. The molecule has 27 valence electrons. The monoisotopic (exact) mass is 99.0 g/mol. The van der Waals surface area contributed by atoms with Gasteiger partial charge in [-0.2, -0.15) is 0 Å². The van der Waals surface area contributed by atoms with Gasteiger partial charge in [-0.15, -0.1) is 0 Å². The molecule has 5 heavy (non-hydrogen) atoms. The summed E-state index contributed by atoms with van der Waals surface area (Å²) in [6, 6.07) is 0. The van der Waals surface area contributed by atoms with Gasteiger partial charge >= 0.3 is 0 Å². The van der Waals surface area contributed by atoms with E-state index in [4.69, 9.17) is 11.5 Å². The molecule has 0 aromatic carbocycles. The van der Waals surface area contributed by atoms with Gasteiger partial charge in [0.2, 0.25) is 0 Å². The van der Waals surface area contributed by atoms with Crippen LogP contribution in [0.3, 0.4) is 0 Å². The Morgan fingerprint density at radius 1 is 1.00 bits per heavy atom. The van der Waals surface area contributed by atoms with Crippen LogP contribution in [-0.2, 0) is 0 Å². The fourth-order valence-electron chi connectivity index (χ4n) is 0. The third kappa shape index (κ3) is 10.8. The van der Waals surface area contributed by atoms with Gasteiger partial charge in [0.15, 0.2) is 0 Å². The second-order valence-corrected chi connectivity index (χ2v) is 0.577. The number of rotatable bonds is 1. The van der Waals surface area contributed by atoms with Gasteiger partial charge in [0.05, 0.1) is 0 Å². The Morgan fingerprint density at radius 3 is 1.20 bits per heavy atom. The maximum Gasteiger partial charge on any atom is 0.00461 e. The number of nitrogens with two attached hydrogens (primary N) is 2. The molecule has 0 saturated heterocycles. The molecule has 2 nitrogen and oxygen atoms in total. The third-order valence-electron chi connectivity index (χ3n) is 0.167. The molecule has 0 bridgehead atoms. The van der Waals surface area contributed by atoms with E-state index in [2.05, 4.69) is 0 Å². The van der Waals surface area contributed by atoms with Crippen LogP contribution in [0, 0.1) is 0 Å². The van der Waals surface area contributed by atoms with Crippen LogP contribution in [-0.4, -0.2) is 64.5 Å². The standard InChI is InChI=1S/C2H8N2.K/c3-1-2-4;/h1-4H2;. The Morgan fingerprint density at radius 2 is 1.20 bits per heavy atom. The molecule has 0 amide bonds. The fourth-order valence-corrected chi connectivity index (χ4v) is 0. The van der Waals surface area contributed by atoms with Crippen LogP contribution >= 0.6 is 0 Å². The summed E-state index contributed by atoms with van der Waals surface area (Å²) in [6.07, 6.45) is 0. The quantitative estimate of drug-likeness (QED) is 0.394. The van der Waals surface area contributed by atoms with Crippen LogP contribution < -0.4 is 11.5 Å². The Labute approximate surface area is 74.7 Å². The van der Waals surface area contributed by atoms with E-state index < -0.39 is 0 Å². The number of hydrogen-bond donors (Lipinski definition) is 2. The molecule has 0 aliphatic carbocycles. The average molecular weight is 99.2 g/mol. The van der Waals surface area contributed by atoms with Gasteiger partial charge in [-0.25, -0.2) is 0 Å². The third-order valence-corrected chi connectivity index (χ3v) is 0.167. The van der Waals surface area contributed by atoms with Crippen molar-refractivity contribution in [2.45, 2.75) is 0 Å². The molecule has 0 spiro atoms. The molecule has 4 N–H and O–H groups in total. The number of hydrogen-bond acceptors (Lipinski definition) is 2. The molecule has 0 saturated carbocycles. The molecule has 0 aromatic heterocycles. The fraction of sp³-hybridized carbons (Fsp3) is 1.00. The normalized spacial score (nSPS) is 6.00. The molecule has 0 rings (SSSR count).